The van der Waals surface area contributed by atoms with E-state index in [4.69, 9.17) is 28.3 Å². The maximum Gasteiger partial charge on any atom is 0.326 e. The van der Waals surface area contributed by atoms with Crippen LogP contribution in [0.1, 0.15) is 30.1 Å². The van der Waals surface area contributed by atoms with Gasteiger partial charge in [-0.3, -0.25) is 4.79 Å². The van der Waals surface area contributed by atoms with Crippen molar-refractivity contribution < 1.29 is 14.7 Å². The lowest BCUT2D eigenvalue weighted by molar-refractivity contribution is -0.139. The molecule has 0 bridgehead atoms. The van der Waals surface area contributed by atoms with Crippen molar-refractivity contribution in [1.82, 2.24) is 5.32 Å². The van der Waals surface area contributed by atoms with E-state index in [0.717, 1.165) is 0 Å². The van der Waals surface area contributed by atoms with E-state index >= 15 is 0 Å². The molecule has 0 aliphatic carbocycles. The van der Waals surface area contributed by atoms with Gasteiger partial charge in [0.2, 0.25) is 0 Å². The minimum atomic E-state index is -1.07. The summed E-state index contributed by atoms with van der Waals surface area (Å²) in [6.07, 6.45) is 1.01. The first-order valence-electron chi connectivity index (χ1n) is 5.44. The zero-order valence-electron chi connectivity index (χ0n) is 9.74. The third kappa shape index (κ3) is 3.89. The molecule has 0 unspecified atom stereocenters. The van der Waals surface area contributed by atoms with Gasteiger partial charge in [-0.25, -0.2) is 4.79 Å². The predicted octanol–water partition coefficient (Wildman–Crippen LogP) is 2.98. The van der Waals surface area contributed by atoms with Crippen LogP contribution in [0.5, 0.6) is 0 Å². The minimum Gasteiger partial charge on any atom is -0.480 e. The third-order valence-electron chi connectivity index (χ3n) is 2.35. The zero-order valence-corrected chi connectivity index (χ0v) is 11.3. The Kier molecular flexibility index (Phi) is 5.44. The van der Waals surface area contributed by atoms with Crippen molar-refractivity contribution in [3.8, 4) is 0 Å². The molecule has 2 N–H and O–H groups in total. The minimum absolute atomic E-state index is 0.173. The third-order valence-corrected chi connectivity index (χ3v) is 2.92. The van der Waals surface area contributed by atoms with Crippen LogP contribution in [0.3, 0.4) is 0 Å². The van der Waals surface area contributed by atoms with E-state index in [2.05, 4.69) is 5.32 Å². The molecule has 0 radical (unpaired) electrons. The van der Waals surface area contributed by atoms with Crippen LogP contribution in [0.2, 0.25) is 10.0 Å². The average molecular weight is 290 g/mol. The van der Waals surface area contributed by atoms with Crippen LogP contribution < -0.4 is 5.32 Å². The smallest absolute Gasteiger partial charge is 0.326 e. The second-order valence-electron chi connectivity index (χ2n) is 3.78. The van der Waals surface area contributed by atoms with Crippen molar-refractivity contribution in [2.45, 2.75) is 25.8 Å². The largest absolute Gasteiger partial charge is 0.480 e. The molecule has 0 saturated carbocycles. The molecular weight excluding hydrogens is 277 g/mol. The predicted molar refractivity (Wildman–Crippen MR) is 70.3 cm³/mol. The van der Waals surface area contributed by atoms with Crippen molar-refractivity contribution in [3.63, 3.8) is 0 Å². The number of hydrogen-bond acceptors (Lipinski definition) is 2. The summed E-state index contributed by atoms with van der Waals surface area (Å²) in [5, 5.41) is 12.0. The highest BCUT2D eigenvalue weighted by Crippen LogP contribution is 2.20. The number of carbonyl (C=O) groups excluding carboxylic acids is 1. The summed E-state index contributed by atoms with van der Waals surface area (Å²) in [5.74, 6) is -1.60. The van der Waals surface area contributed by atoms with Gasteiger partial charge >= 0.3 is 5.97 Å². The summed E-state index contributed by atoms with van der Waals surface area (Å²) in [7, 11) is 0. The van der Waals surface area contributed by atoms with Gasteiger partial charge in [0.1, 0.15) is 6.04 Å². The first-order valence-corrected chi connectivity index (χ1v) is 6.20. The Morgan fingerprint density at radius 2 is 2.06 bits per heavy atom. The molecule has 18 heavy (non-hydrogen) atoms. The number of hydrogen-bond donors (Lipinski definition) is 2. The second kappa shape index (κ2) is 6.61. The molecule has 1 aromatic carbocycles. The molecule has 1 atom stereocenters. The highest BCUT2D eigenvalue weighted by Gasteiger charge is 2.20. The van der Waals surface area contributed by atoms with Crippen molar-refractivity contribution in [2.75, 3.05) is 0 Å². The summed E-state index contributed by atoms with van der Waals surface area (Å²) in [4.78, 5) is 22.8. The fraction of sp³-hybridized carbons (Fsp3) is 0.333. The molecule has 6 heteroatoms. The van der Waals surface area contributed by atoms with Crippen molar-refractivity contribution >= 4 is 35.1 Å². The number of halogens is 2. The van der Waals surface area contributed by atoms with Gasteiger partial charge in [-0.1, -0.05) is 36.5 Å². The van der Waals surface area contributed by atoms with Crippen LogP contribution in [0.15, 0.2) is 18.2 Å². The Morgan fingerprint density at radius 1 is 1.39 bits per heavy atom. The molecule has 98 valence electrons. The maximum absolute atomic E-state index is 11.9. The summed E-state index contributed by atoms with van der Waals surface area (Å²) in [6, 6.07) is 3.54. The van der Waals surface area contributed by atoms with Gasteiger partial charge in [0.15, 0.2) is 0 Å². The van der Waals surface area contributed by atoms with Crippen LogP contribution in [0, 0.1) is 0 Å². The van der Waals surface area contributed by atoms with Gasteiger partial charge in [-0.15, -0.1) is 0 Å². The Bertz CT molecular complexity index is 463. The van der Waals surface area contributed by atoms with Gasteiger partial charge in [0, 0.05) is 5.02 Å². The molecule has 0 aliphatic heterocycles. The molecule has 1 amide bonds. The lowest BCUT2D eigenvalue weighted by Gasteiger charge is -2.14. The number of aliphatic carboxylic acids is 1. The number of nitrogens with one attached hydrogen (secondary N) is 1. The Balaban J connectivity index is 2.86. The standard InChI is InChI=1S/C12H13Cl2NO3/c1-2-3-10(12(17)18)15-11(16)8-6-7(13)4-5-9(8)14/h4-6,10H,2-3H2,1H3,(H,15,16)(H,17,18)/t10-/m0/s1. The van der Waals surface area contributed by atoms with Gasteiger partial charge in [-0.2, -0.15) is 0 Å². The molecule has 1 aromatic rings. The molecule has 0 saturated heterocycles. The highest BCUT2D eigenvalue weighted by atomic mass is 35.5. The quantitative estimate of drug-likeness (QED) is 0.876. The molecular formula is C12H13Cl2NO3. The maximum atomic E-state index is 11.9. The van der Waals surface area contributed by atoms with Crippen molar-refractivity contribution in [2.24, 2.45) is 0 Å². The number of carboxylic acids is 1. The fourth-order valence-corrected chi connectivity index (χ4v) is 1.83. The highest BCUT2D eigenvalue weighted by molar-refractivity contribution is 6.35. The van der Waals surface area contributed by atoms with Crippen LogP contribution >= 0.6 is 23.2 Å². The van der Waals surface area contributed by atoms with E-state index < -0.39 is 17.9 Å². The summed E-state index contributed by atoms with van der Waals surface area (Å²) in [5.41, 5.74) is 0.173. The summed E-state index contributed by atoms with van der Waals surface area (Å²) in [6.45, 7) is 1.84. The van der Waals surface area contributed by atoms with E-state index in [-0.39, 0.29) is 10.6 Å². The Labute approximate surface area is 115 Å². The molecule has 0 heterocycles. The fourth-order valence-electron chi connectivity index (χ4n) is 1.45. The monoisotopic (exact) mass is 289 g/mol. The average Bonchev–Trinajstić information content (AvgIpc) is 2.31. The van der Waals surface area contributed by atoms with Gasteiger partial charge in [-0.05, 0) is 24.6 Å². The topological polar surface area (TPSA) is 66.4 Å². The van der Waals surface area contributed by atoms with E-state index in [1.54, 1.807) is 6.07 Å². The van der Waals surface area contributed by atoms with Crippen molar-refractivity contribution in [1.29, 1.82) is 0 Å². The van der Waals surface area contributed by atoms with Gasteiger partial charge in [0.05, 0.1) is 10.6 Å². The number of amides is 1. The SMILES string of the molecule is CCC[C@H](NC(=O)c1cc(Cl)ccc1Cl)C(=O)O. The van der Waals surface area contributed by atoms with Crippen LogP contribution in [0.4, 0.5) is 0 Å². The zero-order chi connectivity index (χ0) is 13.7. The number of carbonyl (C=O) groups is 2. The molecule has 1 rings (SSSR count). The van der Waals surface area contributed by atoms with Crippen LogP contribution in [-0.2, 0) is 4.79 Å². The van der Waals surface area contributed by atoms with E-state index in [1.165, 1.54) is 12.1 Å². The Hall–Kier alpha value is -1.26. The summed E-state index contributed by atoms with van der Waals surface area (Å²) < 4.78 is 0. The summed E-state index contributed by atoms with van der Waals surface area (Å²) >= 11 is 11.6. The normalized spacial score (nSPS) is 11.9. The molecule has 0 fully saturated rings. The Morgan fingerprint density at radius 3 is 2.61 bits per heavy atom. The van der Waals surface area contributed by atoms with Gasteiger partial charge < -0.3 is 10.4 Å². The van der Waals surface area contributed by atoms with E-state index in [9.17, 15) is 9.59 Å². The number of benzene rings is 1. The lowest BCUT2D eigenvalue weighted by atomic mass is 10.1. The first kappa shape index (κ1) is 14.8. The first-order chi connectivity index (χ1) is 8.45. The molecule has 0 aliphatic rings. The van der Waals surface area contributed by atoms with Gasteiger partial charge in [0.25, 0.3) is 5.91 Å². The van der Waals surface area contributed by atoms with Crippen LogP contribution in [-0.4, -0.2) is 23.0 Å². The lowest BCUT2D eigenvalue weighted by Crippen LogP contribution is -2.40. The van der Waals surface area contributed by atoms with Crippen molar-refractivity contribution in [3.05, 3.63) is 33.8 Å². The molecule has 0 spiro atoms. The van der Waals surface area contributed by atoms with E-state index in [1.807, 2.05) is 6.92 Å². The number of carboxylic acid groups (broad SMARTS) is 1. The second-order valence-corrected chi connectivity index (χ2v) is 4.62. The molecule has 4 nitrogen and oxygen atoms in total. The molecule has 0 aromatic heterocycles. The van der Waals surface area contributed by atoms with Crippen LogP contribution in [0.25, 0.3) is 0 Å². The number of rotatable bonds is 5. The van der Waals surface area contributed by atoms with E-state index in [0.29, 0.717) is 17.9 Å².